The molecule has 0 heterocycles. The van der Waals surface area contributed by atoms with E-state index in [1.54, 1.807) is 48.5 Å². The Hall–Kier alpha value is -4.66. The Labute approximate surface area is 233 Å². The van der Waals surface area contributed by atoms with Crippen molar-refractivity contribution in [3.63, 3.8) is 0 Å². The lowest BCUT2D eigenvalue weighted by molar-refractivity contribution is -0.147. The van der Waals surface area contributed by atoms with Gasteiger partial charge in [0.2, 0.25) is 5.91 Å². The van der Waals surface area contributed by atoms with E-state index in [1.165, 1.54) is 0 Å². The molecule has 0 radical (unpaired) electrons. The second-order valence-corrected chi connectivity index (χ2v) is 9.12. The number of ether oxygens (including phenoxy) is 3. The molecule has 0 saturated heterocycles. The van der Waals surface area contributed by atoms with Crippen LogP contribution >= 0.6 is 0 Å². The summed E-state index contributed by atoms with van der Waals surface area (Å²) in [4.78, 5) is 48.2. The lowest BCUT2D eigenvalue weighted by atomic mass is 10.2. The van der Waals surface area contributed by atoms with E-state index in [9.17, 15) is 19.2 Å². The minimum atomic E-state index is -0.578. The van der Waals surface area contributed by atoms with E-state index in [4.69, 9.17) is 14.2 Å². The number of aryl methyl sites for hydroxylation is 1. The predicted molar refractivity (Wildman–Crippen MR) is 151 cm³/mol. The smallest absolute Gasteiger partial charge is 0.338 e. The number of rotatable bonds is 14. The number of carbonyl (C=O) groups excluding carboxylic acids is 4. The fourth-order valence-electron chi connectivity index (χ4n) is 3.54. The number of benzene rings is 3. The van der Waals surface area contributed by atoms with Gasteiger partial charge in [-0.25, -0.2) is 4.79 Å². The molecule has 0 spiro atoms. The van der Waals surface area contributed by atoms with Gasteiger partial charge in [-0.1, -0.05) is 25.5 Å². The molecule has 3 rings (SSSR count). The Kier molecular flexibility index (Phi) is 11.7. The van der Waals surface area contributed by atoms with Crippen LogP contribution in [-0.2, 0) is 23.9 Å². The molecular formula is C31H34N2O7. The monoisotopic (exact) mass is 546 g/mol. The third kappa shape index (κ3) is 10.6. The predicted octanol–water partition coefficient (Wildman–Crippen LogP) is 6.03. The van der Waals surface area contributed by atoms with Crippen LogP contribution in [0.15, 0.2) is 72.8 Å². The minimum absolute atomic E-state index is 0.00118. The molecule has 210 valence electrons. The number of anilines is 2. The molecule has 40 heavy (non-hydrogen) atoms. The van der Waals surface area contributed by atoms with E-state index in [0.29, 0.717) is 29.3 Å². The fraction of sp³-hybridized carbons (Fsp3) is 0.290. The molecule has 3 aromatic carbocycles. The second kappa shape index (κ2) is 15.7. The van der Waals surface area contributed by atoms with E-state index in [0.717, 1.165) is 24.2 Å². The lowest BCUT2D eigenvalue weighted by Gasteiger charge is -2.09. The highest BCUT2D eigenvalue weighted by Crippen LogP contribution is 2.23. The third-order valence-electron chi connectivity index (χ3n) is 5.65. The molecular weight excluding hydrogens is 512 g/mol. The first kappa shape index (κ1) is 29.9. The maximum absolute atomic E-state index is 12.2. The number of carbonyl (C=O) groups is 4. The fourth-order valence-corrected chi connectivity index (χ4v) is 3.54. The van der Waals surface area contributed by atoms with Crippen molar-refractivity contribution >= 4 is 35.1 Å². The molecule has 0 aliphatic rings. The molecule has 0 atom stereocenters. The number of hydrogen-bond acceptors (Lipinski definition) is 7. The van der Waals surface area contributed by atoms with Crippen molar-refractivity contribution in [1.82, 2.24) is 0 Å². The third-order valence-corrected chi connectivity index (χ3v) is 5.65. The van der Waals surface area contributed by atoms with E-state index in [-0.39, 0.29) is 25.2 Å². The van der Waals surface area contributed by atoms with Crippen LogP contribution in [0.2, 0.25) is 0 Å². The molecule has 2 N–H and O–H groups in total. The SMILES string of the molecule is CCCCOC(=O)c1ccc(NC(=O)COC(=O)CCCC(=O)Nc2ccc(Oc3cccc(C)c3)cc2)cc1. The zero-order valence-corrected chi connectivity index (χ0v) is 22.7. The van der Waals surface area contributed by atoms with Crippen molar-refractivity contribution < 1.29 is 33.4 Å². The number of hydrogen-bond donors (Lipinski definition) is 2. The van der Waals surface area contributed by atoms with Gasteiger partial charge in [-0.2, -0.15) is 0 Å². The first-order valence-corrected chi connectivity index (χ1v) is 13.2. The van der Waals surface area contributed by atoms with E-state index >= 15 is 0 Å². The largest absolute Gasteiger partial charge is 0.462 e. The second-order valence-electron chi connectivity index (χ2n) is 9.12. The van der Waals surface area contributed by atoms with E-state index < -0.39 is 24.5 Å². The Morgan fingerprint density at radius 2 is 1.40 bits per heavy atom. The Morgan fingerprint density at radius 3 is 2.08 bits per heavy atom. The van der Waals surface area contributed by atoms with Crippen molar-refractivity contribution in [1.29, 1.82) is 0 Å². The molecule has 9 heteroatoms. The van der Waals surface area contributed by atoms with Gasteiger partial charge < -0.3 is 24.8 Å². The highest BCUT2D eigenvalue weighted by atomic mass is 16.5. The summed E-state index contributed by atoms with van der Waals surface area (Å²) in [7, 11) is 0. The Balaban J connectivity index is 1.30. The van der Waals surface area contributed by atoms with Crippen LogP contribution in [0.25, 0.3) is 0 Å². The number of esters is 2. The minimum Gasteiger partial charge on any atom is -0.462 e. The zero-order chi connectivity index (χ0) is 28.7. The van der Waals surface area contributed by atoms with Crippen molar-refractivity contribution in [2.75, 3.05) is 23.8 Å². The normalized spacial score (nSPS) is 10.3. The Morgan fingerprint density at radius 1 is 0.725 bits per heavy atom. The Bertz CT molecular complexity index is 1290. The van der Waals surface area contributed by atoms with Crippen LogP contribution < -0.4 is 15.4 Å². The first-order chi connectivity index (χ1) is 19.3. The number of amides is 2. The highest BCUT2D eigenvalue weighted by molar-refractivity contribution is 5.94. The summed E-state index contributed by atoms with van der Waals surface area (Å²) in [6, 6.07) is 20.9. The number of unbranched alkanes of at least 4 members (excludes halogenated alkanes) is 1. The van der Waals surface area contributed by atoms with Gasteiger partial charge in [-0.05, 0) is 86.0 Å². The number of nitrogens with one attached hydrogen (secondary N) is 2. The maximum atomic E-state index is 12.2. The molecule has 3 aromatic rings. The van der Waals surface area contributed by atoms with Crippen LogP contribution in [-0.4, -0.2) is 37.0 Å². The summed E-state index contributed by atoms with van der Waals surface area (Å²) >= 11 is 0. The molecule has 0 fully saturated rings. The molecule has 9 nitrogen and oxygen atoms in total. The molecule has 0 aromatic heterocycles. The average Bonchev–Trinajstić information content (AvgIpc) is 2.93. The summed E-state index contributed by atoms with van der Waals surface area (Å²) in [5.41, 5.74) is 2.55. The molecule has 0 aliphatic heterocycles. The van der Waals surface area contributed by atoms with Gasteiger partial charge >= 0.3 is 11.9 Å². The van der Waals surface area contributed by atoms with Crippen LogP contribution in [0.1, 0.15) is 54.9 Å². The standard InChI is InChI=1S/C31H34N2O7/c1-3-4-19-38-31(37)23-11-13-24(14-12-23)33-29(35)21-39-30(36)10-6-9-28(34)32-25-15-17-26(18-16-25)40-27-8-5-7-22(2)20-27/h5,7-8,11-18,20H,3-4,6,9-10,19,21H2,1-2H3,(H,32,34)(H,33,35). The van der Waals surface area contributed by atoms with Crippen LogP contribution in [0.4, 0.5) is 11.4 Å². The quantitative estimate of drug-likeness (QED) is 0.187. The summed E-state index contributed by atoms with van der Waals surface area (Å²) in [5.74, 6) is -0.373. The molecule has 0 saturated carbocycles. The summed E-state index contributed by atoms with van der Waals surface area (Å²) in [6.45, 7) is 3.90. The van der Waals surface area contributed by atoms with Gasteiger partial charge in [0, 0.05) is 24.2 Å². The molecule has 0 aliphatic carbocycles. The maximum Gasteiger partial charge on any atom is 0.338 e. The molecule has 0 bridgehead atoms. The van der Waals surface area contributed by atoms with Gasteiger partial charge in [-0.3, -0.25) is 14.4 Å². The van der Waals surface area contributed by atoms with Crippen LogP contribution in [0.5, 0.6) is 11.5 Å². The summed E-state index contributed by atoms with van der Waals surface area (Å²) in [5, 5.41) is 5.37. The van der Waals surface area contributed by atoms with Gasteiger partial charge in [0.05, 0.1) is 12.2 Å². The van der Waals surface area contributed by atoms with Gasteiger partial charge in [0.25, 0.3) is 5.91 Å². The van der Waals surface area contributed by atoms with Crippen molar-refractivity contribution in [2.45, 2.75) is 46.0 Å². The molecule has 0 unspecified atom stereocenters. The summed E-state index contributed by atoms with van der Waals surface area (Å²) < 4.78 is 15.9. The lowest BCUT2D eigenvalue weighted by Crippen LogP contribution is -2.21. The highest BCUT2D eigenvalue weighted by Gasteiger charge is 2.11. The van der Waals surface area contributed by atoms with Gasteiger partial charge in [0.15, 0.2) is 6.61 Å². The van der Waals surface area contributed by atoms with Crippen LogP contribution in [0.3, 0.4) is 0 Å². The van der Waals surface area contributed by atoms with Crippen molar-refractivity contribution in [3.05, 3.63) is 83.9 Å². The van der Waals surface area contributed by atoms with Crippen molar-refractivity contribution in [2.24, 2.45) is 0 Å². The van der Waals surface area contributed by atoms with E-state index in [2.05, 4.69) is 10.6 Å². The first-order valence-electron chi connectivity index (χ1n) is 13.2. The van der Waals surface area contributed by atoms with E-state index in [1.807, 2.05) is 38.1 Å². The average molecular weight is 547 g/mol. The topological polar surface area (TPSA) is 120 Å². The molecule has 2 amide bonds. The van der Waals surface area contributed by atoms with Crippen molar-refractivity contribution in [3.8, 4) is 11.5 Å². The van der Waals surface area contributed by atoms with Crippen LogP contribution in [0, 0.1) is 6.92 Å². The van der Waals surface area contributed by atoms with Gasteiger partial charge in [-0.15, -0.1) is 0 Å². The summed E-state index contributed by atoms with van der Waals surface area (Å²) in [6.07, 6.45) is 2.12. The van der Waals surface area contributed by atoms with Gasteiger partial charge in [0.1, 0.15) is 11.5 Å². The zero-order valence-electron chi connectivity index (χ0n) is 22.7.